The van der Waals surface area contributed by atoms with E-state index in [0.29, 0.717) is 27.0 Å². The van der Waals surface area contributed by atoms with Gasteiger partial charge in [0.05, 0.1) is 28.1 Å². The highest BCUT2D eigenvalue weighted by Gasteiger charge is 2.22. The minimum Gasteiger partial charge on any atom is -0.382 e. The van der Waals surface area contributed by atoms with Crippen molar-refractivity contribution in [2.45, 2.75) is 39.0 Å². The van der Waals surface area contributed by atoms with E-state index in [1.165, 1.54) is 30.1 Å². The van der Waals surface area contributed by atoms with Crippen molar-refractivity contribution >= 4 is 58.0 Å². The maximum absolute atomic E-state index is 12.5. The fourth-order valence-electron chi connectivity index (χ4n) is 2.56. The number of hydrogen-bond donors (Lipinski definition) is 2. The van der Waals surface area contributed by atoms with Crippen molar-refractivity contribution in [1.82, 2.24) is 24.9 Å². The number of halogens is 2. The summed E-state index contributed by atoms with van der Waals surface area (Å²) in [6.07, 6.45) is 4.52. The molecule has 0 saturated heterocycles. The number of aromatic nitrogens is 5. The Kier molecular flexibility index (Phi) is 6.83. The van der Waals surface area contributed by atoms with Crippen LogP contribution in [0, 0.1) is 0 Å². The first-order chi connectivity index (χ1) is 14.6. The van der Waals surface area contributed by atoms with Crippen LogP contribution in [0.4, 0.5) is 11.8 Å². The summed E-state index contributed by atoms with van der Waals surface area (Å²) in [5.74, 6) is -0.485. The second kappa shape index (κ2) is 9.21. The Morgan fingerprint density at radius 1 is 1.13 bits per heavy atom. The molecule has 0 aromatic carbocycles. The molecule has 0 fully saturated rings. The summed E-state index contributed by atoms with van der Waals surface area (Å²) in [6, 6.07) is 0. The largest absolute Gasteiger partial charge is 0.382 e. The summed E-state index contributed by atoms with van der Waals surface area (Å²) in [7, 11) is 0. The zero-order valence-corrected chi connectivity index (χ0v) is 19.3. The van der Waals surface area contributed by atoms with E-state index >= 15 is 0 Å². The molecule has 3 N–H and O–H groups in total. The van der Waals surface area contributed by atoms with Gasteiger partial charge < -0.3 is 5.73 Å². The minimum absolute atomic E-state index is 0.0318. The maximum atomic E-state index is 12.5. The van der Waals surface area contributed by atoms with Crippen molar-refractivity contribution < 1.29 is 9.59 Å². The van der Waals surface area contributed by atoms with Crippen LogP contribution in [0.15, 0.2) is 18.7 Å². The Balaban J connectivity index is 1.65. The lowest BCUT2D eigenvalue weighted by Crippen LogP contribution is -2.18. The molecular formula is C19H19Cl2N7O2S. The lowest BCUT2D eigenvalue weighted by atomic mass is 9.92. The van der Waals surface area contributed by atoms with E-state index in [2.05, 4.69) is 30.2 Å². The first-order valence-corrected chi connectivity index (χ1v) is 10.7. The standard InChI is InChI=1S/C19H19Cl2N7O2S/c1-19(2,3)15-9(20)6-24-18(27-15)28-17(30)11-7-23-12(31-11)5-4-10(29)14-13(21)16(22)26-8-25-14/h6-8H,4-5H2,1-3H3,(H2,22,25,26)(H,24,27,28,30). The maximum Gasteiger partial charge on any atom is 0.269 e. The number of ketones is 1. The molecule has 0 saturated carbocycles. The van der Waals surface area contributed by atoms with Gasteiger partial charge in [0.15, 0.2) is 5.78 Å². The third kappa shape index (κ3) is 5.52. The van der Waals surface area contributed by atoms with Crippen LogP contribution < -0.4 is 11.1 Å². The highest BCUT2D eigenvalue weighted by Crippen LogP contribution is 2.28. The topological polar surface area (TPSA) is 137 Å². The highest BCUT2D eigenvalue weighted by atomic mass is 35.5. The Morgan fingerprint density at radius 2 is 1.87 bits per heavy atom. The monoisotopic (exact) mass is 479 g/mol. The van der Waals surface area contributed by atoms with Crippen molar-refractivity contribution in [3.05, 3.63) is 50.0 Å². The van der Waals surface area contributed by atoms with Crippen LogP contribution in [0.2, 0.25) is 10.0 Å². The molecule has 0 aliphatic carbocycles. The van der Waals surface area contributed by atoms with Gasteiger partial charge >= 0.3 is 0 Å². The second-order valence-electron chi connectivity index (χ2n) is 7.56. The molecule has 162 valence electrons. The van der Waals surface area contributed by atoms with Gasteiger partial charge in [-0.05, 0) is 0 Å². The van der Waals surface area contributed by atoms with Crippen LogP contribution in [-0.2, 0) is 11.8 Å². The van der Waals surface area contributed by atoms with Gasteiger partial charge in [-0.1, -0.05) is 44.0 Å². The third-order valence-electron chi connectivity index (χ3n) is 4.10. The number of amides is 1. The van der Waals surface area contributed by atoms with E-state index in [9.17, 15) is 9.59 Å². The van der Waals surface area contributed by atoms with Crippen LogP contribution in [0.25, 0.3) is 0 Å². The first-order valence-electron chi connectivity index (χ1n) is 9.14. The van der Waals surface area contributed by atoms with E-state index in [4.69, 9.17) is 28.9 Å². The number of thiazole rings is 1. The summed E-state index contributed by atoms with van der Waals surface area (Å²) in [4.78, 5) is 45.5. The molecule has 0 bridgehead atoms. The first kappa shape index (κ1) is 23.0. The van der Waals surface area contributed by atoms with Gasteiger partial charge in [-0.25, -0.2) is 24.9 Å². The molecule has 0 aliphatic rings. The number of Topliss-reactive ketones (excluding diaryl/α,β-unsaturated/α-hetero) is 1. The number of carbonyl (C=O) groups excluding carboxylic acids is 2. The van der Waals surface area contributed by atoms with Crippen molar-refractivity contribution in [3.8, 4) is 0 Å². The molecule has 3 rings (SSSR count). The van der Waals surface area contributed by atoms with E-state index in [-0.39, 0.29) is 40.1 Å². The molecule has 0 unspecified atom stereocenters. The number of aryl methyl sites for hydroxylation is 1. The van der Waals surface area contributed by atoms with Gasteiger partial charge in [0.25, 0.3) is 5.91 Å². The average Bonchev–Trinajstić information content (AvgIpc) is 3.18. The van der Waals surface area contributed by atoms with Crippen LogP contribution in [-0.4, -0.2) is 36.6 Å². The van der Waals surface area contributed by atoms with Gasteiger partial charge in [-0.3, -0.25) is 14.9 Å². The van der Waals surface area contributed by atoms with Crippen LogP contribution in [0.3, 0.4) is 0 Å². The van der Waals surface area contributed by atoms with E-state index in [0.717, 1.165) is 0 Å². The fourth-order valence-corrected chi connectivity index (χ4v) is 3.95. The van der Waals surface area contributed by atoms with Crippen molar-refractivity contribution in [2.24, 2.45) is 0 Å². The SMILES string of the molecule is CC(C)(C)c1nc(NC(=O)c2cnc(CCC(=O)c3ncnc(N)c3Cl)s2)ncc1Cl. The van der Waals surface area contributed by atoms with Gasteiger partial charge in [0.1, 0.15) is 27.7 Å². The predicted octanol–water partition coefficient (Wildman–Crippen LogP) is 3.98. The van der Waals surface area contributed by atoms with E-state index in [1.54, 1.807) is 0 Å². The number of nitrogens with one attached hydrogen (secondary N) is 1. The molecule has 3 aromatic heterocycles. The number of carbonyl (C=O) groups is 2. The van der Waals surface area contributed by atoms with Gasteiger partial charge in [0.2, 0.25) is 5.95 Å². The minimum atomic E-state index is -0.399. The molecule has 0 spiro atoms. The molecule has 0 radical (unpaired) electrons. The van der Waals surface area contributed by atoms with Gasteiger partial charge in [0, 0.05) is 18.3 Å². The molecule has 31 heavy (non-hydrogen) atoms. The molecular weight excluding hydrogens is 461 g/mol. The molecule has 9 nitrogen and oxygen atoms in total. The fraction of sp³-hybridized carbons (Fsp3) is 0.316. The smallest absolute Gasteiger partial charge is 0.269 e. The van der Waals surface area contributed by atoms with Crippen molar-refractivity contribution in [3.63, 3.8) is 0 Å². The van der Waals surface area contributed by atoms with Crippen LogP contribution >= 0.6 is 34.5 Å². The number of rotatable bonds is 6. The van der Waals surface area contributed by atoms with Crippen LogP contribution in [0.1, 0.15) is 58.1 Å². The summed E-state index contributed by atoms with van der Waals surface area (Å²) in [5, 5.41) is 3.73. The van der Waals surface area contributed by atoms with E-state index in [1.807, 2.05) is 20.8 Å². The molecule has 12 heteroatoms. The number of nitrogen functional groups attached to an aromatic ring is 1. The van der Waals surface area contributed by atoms with Crippen LogP contribution in [0.5, 0.6) is 0 Å². The number of anilines is 2. The van der Waals surface area contributed by atoms with Crippen molar-refractivity contribution in [1.29, 1.82) is 0 Å². The summed E-state index contributed by atoms with van der Waals surface area (Å²) >= 11 is 13.3. The number of nitrogens with two attached hydrogens (primary N) is 1. The summed E-state index contributed by atoms with van der Waals surface area (Å²) in [5.41, 5.74) is 5.99. The zero-order chi connectivity index (χ0) is 22.8. The lowest BCUT2D eigenvalue weighted by molar-refractivity contribution is 0.0976. The molecule has 3 aromatic rings. The lowest BCUT2D eigenvalue weighted by Gasteiger charge is -2.19. The zero-order valence-electron chi connectivity index (χ0n) is 16.9. The Labute approximate surface area is 192 Å². The van der Waals surface area contributed by atoms with E-state index < -0.39 is 5.91 Å². The second-order valence-corrected chi connectivity index (χ2v) is 9.46. The quantitative estimate of drug-likeness (QED) is 0.506. The Hall–Kier alpha value is -2.69. The van der Waals surface area contributed by atoms with Crippen molar-refractivity contribution in [2.75, 3.05) is 11.1 Å². The number of hydrogen-bond acceptors (Lipinski definition) is 9. The molecule has 0 aliphatic heterocycles. The average molecular weight is 480 g/mol. The molecule has 1 amide bonds. The number of nitrogens with zero attached hydrogens (tertiary/aromatic N) is 5. The Morgan fingerprint density at radius 3 is 2.58 bits per heavy atom. The highest BCUT2D eigenvalue weighted by molar-refractivity contribution is 7.13. The third-order valence-corrected chi connectivity index (χ3v) is 5.81. The molecule has 3 heterocycles. The predicted molar refractivity (Wildman–Crippen MR) is 120 cm³/mol. The normalized spacial score (nSPS) is 11.4. The summed E-state index contributed by atoms with van der Waals surface area (Å²) < 4.78 is 0. The summed E-state index contributed by atoms with van der Waals surface area (Å²) in [6.45, 7) is 5.89. The van der Waals surface area contributed by atoms with Gasteiger partial charge in [-0.2, -0.15) is 0 Å². The van der Waals surface area contributed by atoms with Gasteiger partial charge in [-0.15, -0.1) is 11.3 Å². The molecule has 0 atom stereocenters. The Bertz CT molecular complexity index is 1140.